The van der Waals surface area contributed by atoms with Gasteiger partial charge in [0.25, 0.3) is 0 Å². The lowest BCUT2D eigenvalue weighted by atomic mass is 9.90. The molecule has 1 N–H and O–H groups in total. The molecule has 1 aromatic rings. The molecule has 0 aromatic carbocycles. The first-order chi connectivity index (χ1) is 9.18. The third-order valence-corrected chi connectivity index (χ3v) is 4.05. The van der Waals surface area contributed by atoms with Crippen LogP contribution in [0.3, 0.4) is 0 Å². The summed E-state index contributed by atoms with van der Waals surface area (Å²) >= 11 is 11.8. The second-order valence-corrected chi connectivity index (χ2v) is 5.58. The largest absolute Gasteiger partial charge is 0.321 e. The lowest BCUT2D eigenvalue weighted by Crippen LogP contribution is -2.24. The van der Waals surface area contributed by atoms with Crippen LogP contribution >= 0.6 is 23.2 Å². The average molecular weight is 302 g/mol. The predicted octanol–water partition coefficient (Wildman–Crippen LogP) is 4.08. The molecule has 2 rings (SSSR count). The number of hydrogen-bond acceptors (Lipinski definition) is 3. The van der Waals surface area contributed by atoms with Gasteiger partial charge in [-0.1, -0.05) is 55.3 Å². The van der Waals surface area contributed by atoms with Crippen molar-refractivity contribution < 1.29 is 4.79 Å². The highest BCUT2D eigenvalue weighted by molar-refractivity contribution is 6.38. The maximum absolute atomic E-state index is 12.3. The van der Waals surface area contributed by atoms with Crippen molar-refractivity contribution >= 4 is 34.8 Å². The second kappa shape index (κ2) is 7.06. The summed E-state index contributed by atoms with van der Waals surface area (Å²) < 4.78 is 0. The summed E-state index contributed by atoms with van der Waals surface area (Å²) in [4.78, 5) is 19.9. The van der Waals surface area contributed by atoms with Gasteiger partial charge in [0.15, 0.2) is 10.3 Å². The Labute approximate surface area is 122 Å². The zero-order valence-electron chi connectivity index (χ0n) is 10.7. The highest BCUT2D eigenvalue weighted by Crippen LogP contribution is 2.28. The van der Waals surface area contributed by atoms with E-state index in [1.807, 2.05) is 0 Å². The number of carbonyl (C=O) groups excluding carboxylic acids is 1. The fourth-order valence-electron chi connectivity index (χ4n) is 2.39. The molecule has 1 aliphatic carbocycles. The Morgan fingerprint density at radius 2 is 1.58 bits per heavy atom. The summed E-state index contributed by atoms with van der Waals surface area (Å²) in [6.45, 7) is 0. The Morgan fingerprint density at radius 3 is 2.16 bits per heavy atom. The molecule has 1 heterocycles. The molecular weight excluding hydrogens is 285 g/mol. The molecule has 0 spiro atoms. The lowest BCUT2D eigenvalue weighted by molar-refractivity contribution is -0.120. The van der Waals surface area contributed by atoms with Crippen LogP contribution in [0.5, 0.6) is 0 Å². The van der Waals surface area contributed by atoms with Crippen LogP contribution in [0.1, 0.15) is 44.9 Å². The van der Waals surface area contributed by atoms with Crippen molar-refractivity contribution in [2.45, 2.75) is 44.9 Å². The summed E-state index contributed by atoms with van der Waals surface area (Å²) in [5.41, 5.74) is 0.317. The molecule has 0 aliphatic heterocycles. The highest BCUT2D eigenvalue weighted by Gasteiger charge is 2.21. The predicted molar refractivity (Wildman–Crippen MR) is 76.5 cm³/mol. The van der Waals surface area contributed by atoms with Crippen LogP contribution in [-0.2, 0) is 4.79 Å². The van der Waals surface area contributed by atoms with Gasteiger partial charge in [-0.2, -0.15) is 0 Å². The monoisotopic (exact) mass is 301 g/mol. The summed E-state index contributed by atoms with van der Waals surface area (Å²) in [5.74, 6) is 0.00754. The maximum Gasteiger partial charge on any atom is 0.227 e. The first-order valence-corrected chi connectivity index (χ1v) is 7.41. The van der Waals surface area contributed by atoms with Gasteiger partial charge in [-0.25, -0.2) is 9.97 Å². The average Bonchev–Trinajstić information content (AvgIpc) is 2.33. The number of hydrogen-bond donors (Lipinski definition) is 1. The molecule has 6 heteroatoms. The van der Waals surface area contributed by atoms with Gasteiger partial charge in [-0.05, 0) is 12.8 Å². The van der Waals surface area contributed by atoms with E-state index in [2.05, 4.69) is 15.3 Å². The Hall–Kier alpha value is -0.870. The van der Waals surface area contributed by atoms with E-state index >= 15 is 0 Å². The van der Waals surface area contributed by atoms with Gasteiger partial charge in [0.2, 0.25) is 5.91 Å². The number of nitrogens with one attached hydrogen (secondary N) is 1. The standard InChI is InChI=1S/C13H17Cl2N3O/c14-11-10(12(15)17-8-16-11)18-13(19)9-6-4-2-1-3-5-7-9/h8-9H,1-7H2,(H,18,19). The van der Waals surface area contributed by atoms with E-state index < -0.39 is 0 Å². The number of nitrogens with zero attached hydrogens (tertiary/aromatic N) is 2. The van der Waals surface area contributed by atoms with Gasteiger partial charge >= 0.3 is 0 Å². The minimum atomic E-state index is -0.0273. The summed E-state index contributed by atoms with van der Waals surface area (Å²) in [6, 6.07) is 0. The quantitative estimate of drug-likeness (QED) is 0.837. The topological polar surface area (TPSA) is 54.9 Å². The zero-order valence-corrected chi connectivity index (χ0v) is 12.2. The summed E-state index contributed by atoms with van der Waals surface area (Å²) in [5, 5.41) is 3.13. The molecule has 1 saturated carbocycles. The van der Waals surface area contributed by atoms with Crippen LogP contribution in [0.2, 0.25) is 10.3 Å². The van der Waals surface area contributed by atoms with Crippen LogP contribution in [0.4, 0.5) is 5.69 Å². The number of aromatic nitrogens is 2. The molecule has 0 unspecified atom stereocenters. The summed E-state index contributed by atoms with van der Waals surface area (Å²) in [6.07, 6.45) is 9.02. The molecule has 0 saturated heterocycles. The smallest absolute Gasteiger partial charge is 0.227 e. The van der Waals surface area contributed by atoms with Crippen molar-refractivity contribution in [1.29, 1.82) is 0 Å². The van der Waals surface area contributed by atoms with E-state index in [4.69, 9.17) is 23.2 Å². The van der Waals surface area contributed by atoms with Crippen LogP contribution in [-0.4, -0.2) is 15.9 Å². The molecule has 0 radical (unpaired) electrons. The molecule has 0 atom stereocenters. The first kappa shape index (κ1) is 14.5. The van der Waals surface area contributed by atoms with E-state index in [9.17, 15) is 4.79 Å². The SMILES string of the molecule is O=C(Nc1c(Cl)ncnc1Cl)C1CCCCCCC1. The molecule has 0 bridgehead atoms. The molecule has 1 amide bonds. The van der Waals surface area contributed by atoms with Crippen molar-refractivity contribution in [1.82, 2.24) is 9.97 Å². The van der Waals surface area contributed by atoms with E-state index in [1.54, 1.807) is 0 Å². The van der Waals surface area contributed by atoms with Crippen LogP contribution in [0.15, 0.2) is 6.33 Å². The molecule has 1 fully saturated rings. The molecule has 19 heavy (non-hydrogen) atoms. The minimum absolute atomic E-state index is 0.0273. The number of amides is 1. The van der Waals surface area contributed by atoms with Crippen molar-refractivity contribution in [3.63, 3.8) is 0 Å². The third kappa shape index (κ3) is 4.05. The number of rotatable bonds is 2. The van der Waals surface area contributed by atoms with E-state index in [0.29, 0.717) is 5.69 Å². The zero-order chi connectivity index (χ0) is 13.7. The van der Waals surface area contributed by atoms with Crippen LogP contribution in [0, 0.1) is 5.92 Å². The van der Waals surface area contributed by atoms with Crippen LogP contribution in [0.25, 0.3) is 0 Å². The van der Waals surface area contributed by atoms with Gasteiger partial charge in [-0.15, -0.1) is 0 Å². The maximum atomic E-state index is 12.3. The van der Waals surface area contributed by atoms with Gasteiger partial charge in [0, 0.05) is 5.92 Å². The summed E-state index contributed by atoms with van der Waals surface area (Å²) in [7, 11) is 0. The van der Waals surface area contributed by atoms with Gasteiger partial charge in [0.1, 0.15) is 12.0 Å². The Bertz CT molecular complexity index is 425. The van der Waals surface area contributed by atoms with E-state index in [1.165, 1.54) is 25.6 Å². The molecule has 4 nitrogen and oxygen atoms in total. The Balaban J connectivity index is 2.03. The van der Waals surface area contributed by atoms with Gasteiger partial charge < -0.3 is 5.32 Å². The first-order valence-electron chi connectivity index (χ1n) is 6.65. The fourth-order valence-corrected chi connectivity index (χ4v) is 2.80. The van der Waals surface area contributed by atoms with Crippen molar-refractivity contribution in [3.8, 4) is 0 Å². The molecule has 1 aromatic heterocycles. The number of carbonyl (C=O) groups is 1. The number of anilines is 1. The van der Waals surface area contributed by atoms with E-state index in [-0.39, 0.29) is 22.1 Å². The van der Waals surface area contributed by atoms with Gasteiger partial charge in [-0.3, -0.25) is 4.79 Å². The third-order valence-electron chi connectivity index (χ3n) is 3.48. The fraction of sp³-hybridized carbons (Fsp3) is 0.615. The number of halogens is 2. The molecule has 1 aliphatic rings. The Kier molecular flexibility index (Phi) is 5.40. The minimum Gasteiger partial charge on any atom is -0.321 e. The van der Waals surface area contributed by atoms with Crippen molar-refractivity contribution in [2.75, 3.05) is 5.32 Å². The van der Waals surface area contributed by atoms with Crippen molar-refractivity contribution in [3.05, 3.63) is 16.6 Å². The second-order valence-electron chi connectivity index (χ2n) is 4.86. The highest BCUT2D eigenvalue weighted by atomic mass is 35.5. The normalized spacial score (nSPS) is 17.6. The Morgan fingerprint density at radius 1 is 1.05 bits per heavy atom. The van der Waals surface area contributed by atoms with Gasteiger partial charge in [0.05, 0.1) is 0 Å². The molecule has 104 valence electrons. The molecular formula is C13H17Cl2N3O. The van der Waals surface area contributed by atoms with Crippen LogP contribution < -0.4 is 5.32 Å². The van der Waals surface area contributed by atoms with Crippen molar-refractivity contribution in [2.24, 2.45) is 5.92 Å². The lowest BCUT2D eigenvalue weighted by Gasteiger charge is -2.19. The van der Waals surface area contributed by atoms with E-state index in [0.717, 1.165) is 25.7 Å².